The number of hydrogen-bond donors (Lipinski definition) is 0. The Morgan fingerprint density at radius 1 is 1.06 bits per heavy atom. The predicted octanol–water partition coefficient (Wildman–Crippen LogP) is 4.76. The van der Waals surface area contributed by atoms with Crippen LogP contribution in [0.2, 0.25) is 0 Å². The van der Waals surface area contributed by atoms with Gasteiger partial charge in [0.05, 0.1) is 18.3 Å². The number of hydrogen-bond acceptors (Lipinski definition) is 6. The van der Waals surface area contributed by atoms with Gasteiger partial charge in [-0.3, -0.25) is 19.4 Å². The zero-order chi connectivity index (χ0) is 23.7. The fraction of sp³-hybridized carbons (Fsp3) is 0.286. The van der Waals surface area contributed by atoms with Gasteiger partial charge >= 0.3 is 5.97 Å². The fourth-order valence-electron chi connectivity index (χ4n) is 4.96. The summed E-state index contributed by atoms with van der Waals surface area (Å²) in [6.45, 7) is 1.97. The lowest BCUT2D eigenvalue weighted by Gasteiger charge is -2.33. The molecule has 172 valence electrons. The molecule has 1 aliphatic carbocycles. The quantitative estimate of drug-likeness (QED) is 0.518. The number of ether oxygens (including phenoxy) is 1. The van der Waals surface area contributed by atoms with E-state index in [9.17, 15) is 14.4 Å². The van der Waals surface area contributed by atoms with Gasteiger partial charge in [-0.1, -0.05) is 42.5 Å². The van der Waals surface area contributed by atoms with Crippen molar-refractivity contribution >= 4 is 28.4 Å². The van der Waals surface area contributed by atoms with Crippen molar-refractivity contribution in [2.45, 2.75) is 38.5 Å². The molecule has 2 aliphatic rings. The van der Waals surface area contributed by atoms with Gasteiger partial charge in [-0.15, -0.1) is 0 Å². The number of aliphatic imine (C=N–C) groups is 1. The van der Waals surface area contributed by atoms with Crippen LogP contribution >= 0.6 is 0 Å². The van der Waals surface area contributed by atoms with Crippen LogP contribution in [-0.2, 0) is 20.7 Å². The minimum absolute atomic E-state index is 0.0721. The van der Waals surface area contributed by atoms with Crippen LogP contribution < -0.4 is 5.43 Å². The van der Waals surface area contributed by atoms with Gasteiger partial charge < -0.3 is 9.15 Å². The smallest absolute Gasteiger partial charge is 0.315 e. The minimum atomic E-state index is -0.861. The second-order valence-corrected chi connectivity index (χ2v) is 8.77. The van der Waals surface area contributed by atoms with Crippen molar-refractivity contribution in [1.82, 2.24) is 0 Å². The average Bonchev–Trinajstić information content (AvgIpc) is 2.84. The van der Waals surface area contributed by atoms with Crippen LogP contribution in [0.5, 0.6) is 0 Å². The number of nitrogens with zero attached hydrogens (tertiary/aromatic N) is 1. The molecule has 2 atom stereocenters. The molecular formula is C28H25NO5. The Labute approximate surface area is 197 Å². The molecule has 0 fully saturated rings. The number of fused-ring (bicyclic) bond motifs is 1. The molecule has 2 aromatic carbocycles. The van der Waals surface area contributed by atoms with Crippen LogP contribution in [0.25, 0.3) is 11.0 Å². The van der Waals surface area contributed by atoms with E-state index in [-0.39, 0.29) is 17.8 Å². The molecule has 2 heterocycles. The number of benzene rings is 2. The summed E-state index contributed by atoms with van der Waals surface area (Å²) >= 11 is 0. The Balaban J connectivity index is 1.53. The number of esters is 1. The lowest BCUT2D eigenvalue weighted by Crippen LogP contribution is -2.39. The summed E-state index contributed by atoms with van der Waals surface area (Å²) in [6, 6.07) is 16.7. The second kappa shape index (κ2) is 9.21. The summed E-state index contributed by atoms with van der Waals surface area (Å²) in [6.07, 6.45) is 3.69. The molecule has 5 rings (SSSR count). The topological polar surface area (TPSA) is 85.9 Å². The molecule has 0 radical (unpaired) electrons. The molecular weight excluding hydrogens is 430 g/mol. The van der Waals surface area contributed by atoms with Gasteiger partial charge in [0.2, 0.25) is 0 Å². The monoisotopic (exact) mass is 455 g/mol. The molecule has 1 aliphatic heterocycles. The van der Waals surface area contributed by atoms with Gasteiger partial charge in [-0.25, -0.2) is 0 Å². The molecule has 0 amide bonds. The number of carbonyl (C=O) groups is 2. The van der Waals surface area contributed by atoms with E-state index in [1.165, 1.54) is 6.26 Å². The Kier molecular flexibility index (Phi) is 5.97. The maximum atomic E-state index is 13.5. The molecule has 0 spiro atoms. The third kappa shape index (κ3) is 4.00. The van der Waals surface area contributed by atoms with Gasteiger partial charge in [-0.05, 0) is 37.5 Å². The van der Waals surface area contributed by atoms with Crippen LogP contribution in [0.3, 0.4) is 0 Å². The average molecular weight is 456 g/mol. The van der Waals surface area contributed by atoms with Crippen LogP contribution in [0.1, 0.15) is 43.2 Å². The molecule has 0 N–H and O–H groups in total. The number of para-hydroxylation sites is 1. The zero-order valence-corrected chi connectivity index (χ0v) is 19.0. The third-order valence-electron chi connectivity index (χ3n) is 6.61. The molecule has 2 unspecified atom stereocenters. The Bertz CT molecular complexity index is 1380. The standard InChI is InChI=1S/C28H25NO5/c1-17-24(28(32)33-15-14-18-8-3-2-4-9-18)25(26-21(29-17)11-7-12-22(26)30)20-16-34-23-13-6-5-10-19(23)27(20)31/h2-6,8-10,13,16,24-25H,7,11-12,14-15H2,1H3. The molecule has 1 aromatic heterocycles. The summed E-state index contributed by atoms with van der Waals surface area (Å²) in [5.41, 5.74) is 3.24. The molecule has 6 nitrogen and oxygen atoms in total. The largest absolute Gasteiger partial charge is 0.465 e. The van der Waals surface area contributed by atoms with E-state index in [2.05, 4.69) is 4.99 Å². The van der Waals surface area contributed by atoms with Gasteiger partial charge in [0.15, 0.2) is 11.2 Å². The third-order valence-corrected chi connectivity index (χ3v) is 6.61. The number of Topliss-reactive ketones (excluding diaryl/α,β-unsaturated/α-hetero) is 1. The van der Waals surface area contributed by atoms with E-state index in [4.69, 9.17) is 9.15 Å². The van der Waals surface area contributed by atoms with Crippen molar-refractivity contribution < 1.29 is 18.7 Å². The number of allylic oxidation sites excluding steroid dienone is 2. The van der Waals surface area contributed by atoms with Crippen molar-refractivity contribution in [3.05, 3.63) is 93.5 Å². The summed E-state index contributed by atoms with van der Waals surface area (Å²) < 4.78 is 11.4. The highest BCUT2D eigenvalue weighted by Gasteiger charge is 2.44. The van der Waals surface area contributed by atoms with Crippen LogP contribution in [0.4, 0.5) is 0 Å². The Morgan fingerprint density at radius 2 is 1.82 bits per heavy atom. The predicted molar refractivity (Wildman–Crippen MR) is 129 cm³/mol. The van der Waals surface area contributed by atoms with E-state index in [0.717, 1.165) is 5.56 Å². The normalized spacial score (nSPS) is 20.1. The van der Waals surface area contributed by atoms with Crippen molar-refractivity contribution in [3.8, 4) is 0 Å². The lowest BCUT2D eigenvalue weighted by molar-refractivity contribution is -0.146. The maximum Gasteiger partial charge on any atom is 0.315 e. The van der Waals surface area contributed by atoms with Crippen LogP contribution in [0.15, 0.2) is 86.3 Å². The van der Waals surface area contributed by atoms with Gasteiger partial charge in [-0.2, -0.15) is 0 Å². The number of carbonyl (C=O) groups excluding carboxylic acids is 2. The van der Waals surface area contributed by atoms with Crippen LogP contribution in [0, 0.1) is 5.92 Å². The molecule has 0 saturated heterocycles. The fourth-order valence-corrected chi connectivity index (χ4v) is 4.96. The van der Waals surface area contributed by atoms with Crippen molar-refractivity contribution in [1.29, 1.82) is 0 Å². The molecule has 0 bridgehead atoms. The van der Waals surface area contributed by atoms with Crippen molar-refractivity contribution in [2.24, 2.45) is 10.9 Å². The maximum absolute atomic E-state index is 13.5. The van der Waals surface area contributed by atoms with Crippen molar-refractivity contribution in [3.63, 3.8) is 0 Å². The van der Waals surface area contributed by atoms with E-state index in [0.29, 0.717) is 59.2 Å². The Hall–Kier alpha value is -3.80. The van der Waals surface area contributed by atoms with E-state index in [1.807, 2.05) is 30.3 Å². The van der Waals surface area contributed by atoms with Gasteiger partial charge in [0.25, 0.3) is 0 Å². The first kappa shape index (κ1) is 22.0. The first-order valence-electron chi connectivity index (χ1n) is 11.6. The van der Waals surface area contributed by atoms with Gasteiger partial charge in [0.1, 0.15) is 11.5 Å². The Morgan fingerprint density at radius 3 is 2.65 bits per heavy atom. The zero-order valence-electron chi connectivity index (χ0n) is 19.0. The number of rotatable bonds is 5. The van der Waals surface area contributed by atoms with Crippen LogP contribution in [-0.4, -0.2) is 24.1 Å². The van der Waals surface area contributed by atoms with E-state index < -0.39 is 17.8 Å². The first-order valence-corrected chi connectivity index (χ1v) is 11.6. The first-order chi connectivity index (χ1) is 16.5. The molecule has 0 saturated carbocycles. The summed E-state index contributed by atoms with van der Waals surface area (Å²) in [5.74, 6) is -2.19. The van der Waals surface area contributed by atoms with Gasteiger partial charge in [0, 0.05) is 41.3 Å². The highest BCUT2D eigenvalue weighted by molar-refractivity contribution is 6.09. The summed E-state index contributed by atoms with van der Waals surface area (Å²) in [5, 5.41) is 0.418. The number of ketones is 1. The summed E-state index contributed by atoms with van der Waals surface area (Å²) in [7, 11) is 0. The second-order valence-electron chi connectivity index (χ2n) is 8.77. The highest BCUT2D eigenvalue weighted by atomic mass is 16.5. The molecule has 34 heavy (non-hydrogen) atoms. The summed E-state index contributed by atoms with van der Waals surface area (Å²) in [4.78, 5) is 44.5. The molecule has 6 heteroatoms. The highest BCUT2D eigenvalue weighted by Crippen LogP contribution is 2.43. The van der Waals surface area contributed by atoms with Crippen molar-refractivity contribution in [2.75, 3.05) is 6.61 Å². The van der Waals surface area contributed by atoms with E-state index in [1.54, 1.807) is 31.2 Å². The molecule has 3 aromatic rings. The minimum Gasteiger partial charge on any atom is -0.465 e. The SMILES string of the molecule is CC1=NC2=C(C(=O)CCC2)C(c2coc3ccccc3c2=O)C1C(=O)OCCc1ccccc1. The van der Waals surface area contributed by atoms with E-state index >= 15 is 0 Å². The lowest BCUT2D eigenvalue weighted by atomic mass is 9.72.